The van der Waals surface area contributed by atoms with Gasteiger partial charge >= 0.3 is 0 Å². The van der Waals surface area contributed by atoms with Crippen LogP contribution < -0.4 is 4.72 Å². The minimum Gasteiger partial charge on any atom is -0.377 e. The number of benzene rings is 2. The third-order valence-electron chi connectivity index (χ3n) is 7.12. The quantitative estimate of drug-likeness (QED) is 0.409. The van der Waals surface area contributed by atoms with Crippen LogP contribution in [0.2, 0.25) is 0 Å². The summed E-state index contributed by atoms with van der Waals surface area (Å²) in [4.78, 5) is 31.3. The summed E-state index contributed by atoms with van der Waals surface area (Å²) in [5.74, 6) is 0.975. The van der Waals surface area contributed by atoms with E-state index in [9.17, 15) is 18.0 Å². The molecule has 2 aliphatic rings. The highest BCUT2D eigenvalue weighted by atomic mass is 32.2. The van der Waals surface area contributed by atoms with Crippen molar-refractivity contribution in [1.29, 1.82) is 0 Å². The lowest BCUT2D eigenvalue weighted by atomic mass is 9.96. The van der Waals surface area contributed by atoms with Crippen molar-refractivity contribution in [2.45, 2.75) is 82.4 Å². The maximum atomic E-state index is 13.6. The van der Waals surface area contributed by atoms with Gasteiger partial charge in [0.15, 0.2) is 0 Å². The third-order valence-corrected chi connectivity index (χ3v) is 8.47. The zero-order valence-electron chi connectivity index (χ0n) is 21.5. The van der Waals surface area contributed by atoms with Crippen LogP contribution in [0.1, 0.15) is 69.9 Å². The first-order valence-electron chi connectivity index (χ1n) is 13.0. The van der Waals surface area contributed by atoms with Gasteiger partial charge in [0.2, 0.25) is 6.41 Å². The molecule has 1 heterocycles. The van der Waals surface area contributed by atoms with E-state index in [1.807, 2.05) is 34.7 Å². The lowest BCUT2D eigenvalue weighted by Crippen LogP contribution is -2.40. The number of carbonyl (C=O) groups excluding carboxylic acids is 2. The summed E-state index contributed by atoms with van der Waals surface area (Å²) in [6.45, 7) is 5.22. The summed E-state index contributed by atoms with van der Waals surface area (Å²) < 4.78 is 33.0. The van der Waals surface area contributed by atoms with E-state index in [2.05, 4.69) is 6.92 Å². The number of ether oxygens (including phenoxy) is 1. The van der Waals surface area contributed by atoms with Crippen LogP contribution >= 0.6 is 0 Å². The molecule has 0 aromatic heterocycles. The standard InChI is InChI=1S/C28H35N3O5S/c1-3-5-12-26-30-28(15-8-9-16-28)27(33)31(26)18-21-13-14-23(22(17-21)19-36-4-2)24-10-6-7-11-25(24)37(34,35)29-20-32/h6-7,10-11,13-14,17,20H,3-5,8-9,12,15-16,18-19H2,1-2H3,(H,29,32). The molecule has 1 spiro atoms. The van der Waals surface area contributed by atoms with E-state index in [4.69, 9.17) is 9.73 Å². The predicted molar refractivity (Wildman–Crippen MR) is 142 cm³/mol. The van der Waals surface area contributed by atoms with Gasteiger partial charge < -0.3 is 4.74 Å². The number of carbonyl (C=O) groups is 2. The Bertz CT molecular complexity index is 1280. The molecule has 1 aliphatic carbocycles. The highest BCUT2D eigenvalue weighted by Crippen LogP contribution is 2.40. The van der Waals surface area contributed by atoms with Crippen LogP contribution in [0.4, 0.5) is 0 Å². The first-order valence-corrected chi connectivity index (χ1v) is 14.5. The molecule has 4 rings (SSSR count). The van der Waals surface area contributed by atoms with Crippen LogP contribution in [0.25, 0.3) is 11.1 Å². The second-order valence-corrected chi connectivity index (χ2v) is 11.3. The van der Waals surface area contributed by atoms with Crippen molar-refractivity contribution in [2.75, 3.05) is 6.61 Å². The summed E-state index contributed by atoms with van der Waals surface area (Å²) in [6, 6.07) is 12.3. The van der Waals surface area contributed by atoms with Crippen LogP contribution in [0, 0.1) is 0 Å². The maximum absolute atomic E-state index is 13.6. The van der Waals surface area contributed by atoms with E-state index in [1.165, 1.54) is 6.07 Å². The lowest BCUT2D eigenvalue weighted by Gasteiger charge is -2.23. The zero-order chi connectivity index (χ0) is 26.5. The van der Waals surface area contributed by atoms with Gasteiger partial charge in [0.05, 0.1) is 18.0 Å². The van der Waals surface area contributed by atoms with E-state index in [-0.39, 0.29) is 23.8 Å². The van der Waals surface area contributed by atoms with E-state index in [0.717, 1.165) is 61.9 Å². The predicted octanol–water partition coefficient (Wildman–Crippen LogP) is 4.57. The van der Waals surface area contributed by atoms with Gasteiger partial charge in [-0.1, -0.05) is 62.6 Å². The maximum Gasteiger partial charge on any atom is 0.264 e. The molecular weight excluding hydrogens is 490 g/mol. The Morgan fingerprint density at radius 2 is 1.86 bits per heavy atom. The topological polar surface area (TPSA) is 105 Å². The van der Waals surface area contributed by atoms with Crippen molar-refractivity contribution in [1.82, 2.24) is 9.62 Å². The molecule has 1 aliphatic heterocycles. The van der Waals surface area contributed by atoms with Gasteiger partial charge in [-0.25, -0.2) is 8.42 Å². The molecule has 2 amide bonds. The van der Waals surface area contributed by atoms with E-state index >= 15 is 0 Å². The Balaban J connectivity index is 1.70. The molecule has 1 N–H and O–H groups in total. The van der Waals surface area contributed by atoms with Crippen LogP contribution in [0.15, 0.2) is 52.4 Å². The van der Waals surface area contributed by atoms with Crippen molar-refractivity contribution >= 4 is 28.2 Å². The number of nitrogens with one attached hydrogen (secondary N) is 1. The van der Waals surface area contributed by atoms with E-state index in [1.54, 1.807) is 18.2 Å². The van der Waals surface area contributed by atoms with Gasteiger partial charge in [-0.3, -0.25) is 24.2 Å². The molecule has 0 unspecified atom stereocenters. The van der Waals surface area contributed by atoms with Crippen LogP contribution in [0.3, 0.4) is 0 Å². The SMILES string of the molecule is CCCCC1=NC2(CCCC2)C(=O)N1Cc1ccc(-c2ccccc2S(=O)(=O)NC=O)c(COCC)c1. The first-order chi connectivity index (χ1) is 17.8. The number of amidine groups is 1. The summed E-state index contributed by atoms with van der Waals surface area (Å²) in [5, 5.41) is 0. The molecule has 0 bridgehead atoms. The summed E-state index contributed by atoms with van der Waals surface area (Å²) in [7, 11) is -4.02. The Morgan fingerprint density at radius 3 is 2.57 bits per heavy atom. The zero-order valence-corrected chi connectivity index (χ0v) is 22.4. The summed E-state index contributed by atoms with van der Waals surface area (Å²) >= 11 is 0. The molecule has 2 aromatic carbocycles. The largest absolute Gasteiger partial charge is 0.377 e. The molecule has 1 fully saturated rings. The molecule has 2 aromatic rings. The fourth-order valence-corrected chi connectivity index (χ4v) is 6.25. The Hall–Kier alpha value is -3.04. The number of rotatable bonds is 12. The minimum absolute atomic E-state index is 0.0134. The van der Waals surface area contributed by atoms with Gasteiger partial charge in [0, 0.05) is 18.6 Å². The van der Waals surface area contributed by atoms with Crippen molar-refractivity contribution < 1.29 is 22.7 Å². The highest BCUT2D eigenvalue weighted by Gasteiger charge is 2.49. The summed E-state index contributed by atoms with van der Waals surface area (Å²) in [5.41, 5.74) is 2.32. The first kappa shape index (κ1) is 27.0. The molecule has 0 radical (unpaired) electrons. The van der Waals surface area contributed by atoms with Gasteiger partial charge in [-0.05, 0) is 48.9 Å². The number of unbranched alkanes of at least 4 members (excludes halogenated alkanes) is 1. The van der Waals surface area contributed by atoms with Gasteiger partial charge in [-0.15, -0.1) is 0 Å². The second-order valence-electron chi connectivity index (χ2n) is 9.63. The Kier molecular flexibility index (Phi) is 8.44. The molecule has 0 saturated heterocycles. The third kappa shape index (κ3) is 5.62. The number of sulfonamides is 1. The van der Waals surface area contributed by atoms with Crippen molar-refractivity contribution in [3.63, 3.8) is 0 Å². The number of amides is 2. The van der Waals surface area contributed by atoms with Crippen LogP contribution in [-0.4, -0.2) is 43.6 Å². The number of nitrogens with zero attached hydrogens (tertiary/aromatic N) is 2. The van der Waals surface area contributed by atoms with Crippen molar-refractivity contribution in [2.24, 2.45) is 4.99 Å². The molecule has 0 atom stereocenters. The average molecular weight is 526 g/mol. The number of hydrogen-bond donors (Lipinski definition) is 1. The minimum atomic E-state index is -4.02. The molecule has 198 valence electrons. The smallest absolute Gasteiger partial charge is 0.264 e. The van der Waals surface area contributed by atoms with E-state index < -0.39 is 15.6 Å². The Morgan fingerprint density at radius 1 is 1.11 bits per heavy atom. The number of hydrogen-bond acceptors (Lipinski definition) is 6. The van der Waals surface area contributed by atoms with Crippen LogP contribution in [0.5, 0.6) is 0 Å². The molecule has 37 heavy (non-hydrogen) atoms. The molecule has 8 nitrogen and oxygen atoms in total. The molecule has 9 heteroatoms. The van der Waals surface area contributed by atoms with Gasteiger partial charge in [-0.2, -0.15) is 0 Å². The number of aliphatic imine (C=N–C) groups is 1. The van der Waals surface area contributed by atoms with Crippen molar-refractivity contribution in [3.8, 4) is 11.1 Å². The van der Waals surface area contributed by atoms with Crippen LogP contribution in [-0.2, 0) is 37.5 Å². The summed E-state index contributed by atoms with van der Waals surface area (Å²) in [6.07, 6.45) is 6.63. The fourth-order valence-electron chi connectivity index (χ4n) is 5.27. The average Bonchev–Trinajstić information content (AvgIpc) is 3.47. The van der Waals surface area contributed by atoms with Gasteiger partial charge in [0.1, 0.15) is 11.4 Å². The normalized spacial score (nSPS) is 16.9. The van der Waals surface area contributed by atoms with Gasteiger partial charge in [0.25, 0.3) is 15.9 Å². The fraction of sp³-hybridized carbons (Fsp3) is 0.464. The molecule has 1 saturated carbocycles. The lowest BCUT2D eigenvalue weighted by molar-refractivity contribution is -0.131. The van der Waals surface area contributed by atoms with E-state index in [0.29, 0.717) is 24.3 Å². The van der Waals surface area contributed by atoms with Crippen molar-refractivity contribution in [3.05, 3.63) is 53.6 Å². The second kappa shape index (κ2) is 11.6. The Labute approximate surface area is 219 Å². The molecular formula is C28H35N3O5S. The highest BCUT2D eigenvalue weighted by molar-refractivity contribution is 7.90. The monoisotopic (exact) mass is 525 g/mol.